The van der Waals surface area contributed by atoms with Crippen molar-refractivity contribution in [2.75, 3.05) is 27.5 Å². The molecule has 0 aromatic heterocycles. The molecule has 2 aromatic rings. The van der Waals surface area contributed by atoms with Crippen molar-refractivity contribution in [1.29, 1.82) is 0 Å². The molecule has 10 heteroatoms. The summed E-state index contributed by atoms with van der Waals surface area (Å²) in [6.07, 6.45) is 0.796. The van der Waals surface area contributed by atoms with Crippen LogP contribution in [0.25, 0.3) is 0 Å². The number of amidine groups is 1. The molecule has 0 saturated carbocycles. The predicted molar refractivity (Wildman–Crippen MR) is 127 cm³/mol. The number of para-hydroxylation sites is 1. The number of halogens is 2. The lowest BCUT2D eigenvalue weighted by Crippen LogP contribution is -2.40. The number of thioether (sulfide) groups is 1. The maximum Gasteiger partial charge on any atom is 0.234 e. The molecule has 0 spiro atoms. The van der Waals surface area contributed by atoms with Crippen LogP contribution in [-0.4, -0.2) is 48.8 Å². The third-order valence-electron chi connectivity index (χ3n) is 5.28. The second kappa shape index (κ2) is 8.91. The molecule has 2 aromatic carbocycles. The second-order valence-electron chi connectivity index (χ2n) is 7.44. The molecule has 4 rings (SSSR count). The maximum atomic E-state index is 14.7. The van der Waals surface area contributed by atoms with Gasteiger partial charge in [0.1, 0.15) is 5.82 Å². The van der Waals surface area contributed by atoms with Gasteiger partial charge < -0.3 is 10.2 Å². The van der Waals surface area contributed by atoms with Gasteiger partial charge >= 0.3 is 0 Å². The van der Waals surface area contributed by atoms with Crippen molar-refractivity contribution in [3.63, 3.8) is 0 Å². The lowest BCUT2D eigenvalue weighted by Gasteiger charge is -2.26. The minimum atomic E-state index is -3.24. The van der Waals surface area contributed by atoms with Crippen LogP contribution in [0.2, 0.25) is 0 Å². The van der Waals surface area contributed by atoms with E-state index in [1.54, 1.807) is 17.0 Å². The van der Waals surface area contributed by atoms with Gasteiger partial charge in [-0.05, 0) is 36.2 Å². The molecule has 0 radical (unpaired) electrons. The SMILES string of the molecule is CCc1ccccc1NC(=O)CSC1=N[C@H]2CS(=O)(=O)C[C@H]2N1c1ccc(Br)cc1F. The fraction of sp³-hybridized carbons (Fsp3) is 0.333. The van der Waals surface area contributed by atoms with E-state index >= 15 is 0 Å². The molecular weight excluding hydrogens is 505 g/mol. The van der Waals surface area contributed by atoms with Crippen molar-refractivity contribution in [1.82, 2.24) is 0 Å². The zero-order valence-corrected chi connectivity index (χ0v) is 19.9. The number of rotatable bonds is 5. The molecule has 1 amide bonds. The van der Waals surface area contributed by atoms with E-state index in [1.165, 1.54) is 17.8 Å². The van der Waals surface area contributed by atoms with E-state index in [4.69, 9.17) is 0 Å². The van der Waals surface area contributed by atoms with Gasteiger partial charge in [-0.2, -0.15) is 0 Å². The standard InChI is InChI=1S/C21H21BrFN3O3S2/c1-2-13-5-3-4-6-16(13)24-20(27)10-30-21-25-17-11-31(28,29)12-19(17)26(21)18-8-7-14(22)9-15(18)23/h3-9,17,19H,2,10-12H2,1H3,(H,24,27)/t17-,19+/m0/s1. The fourth-order valence-corrected chi connectivity index (χ4v) is 6.95. The number of sulfone groups is 1. The lowest BCUT2D eigenvalue weighted by molar-refractivity contribution is -0.113. The molecule has 2 heterocycles. The third kappa shape index (κ3) is 4.80. The number of aryl methyl sites for hydroxylation is 1. The van der Waals surface area contributed by atoms with E-state index in [2.05, 4.69) is 26.2 Å². The van der Waals surface area contributed by atoms with E-state index < -0.39 is 27.7 Å². The van der Waals surface area contributed by atoms with Crippen LogP contribution in [0.4, 0.5) is 15.8 Å². The Bertz CT molecular complexity index is 1160. The van der Waals surface area contributed by atoms with Crippen molar-refractivity contribution in [3.05, 3.63) is 58.3 Å². The monoisotopic (exact) mass is 525 g/mol. The first-order chi connectivity index (χ1) is 14.8. The van der Waals surface area contributed by atoms with Gasteiger partial charge in [0.05, 0.1) is 35.0 Å². The highest BCUT2D eigenvalue weighted by Gasteiger charge is 2.47. The number of nitrogens with one attached hydrogen (secondary N) is 1. The molecule has 1 fully saturated rings. The molecule has 2 atom stereocenters. The van der Waals surface area contributed by atoms with Crippen LogP contribution in [-0.2, 0) is 21.1 Å². The molecular formula is C21H21BrFN3O3S2. The number of hydrogen-bond donors (Lipinski definition) is 1. The van der Waals surface area contributed by atoms with Gasteiger partial charge in [0.15, 0.2) is 15.0 Å². The summed E-state index contributed by atoms with van der Waals surface area (Å²) in [7, 11) is -3.24. The molecule has 31 heavy (non-hydrogen) atoms. The molecule has 6 nitrogen and oxygen atoms in total. The topological polar surface area (TPSA) is 78.8 Å². The largest absolute Gasteiger partial charge is 0.325 e. The van der Waals surface area contributed by atoms with Gasteiger partial charge in [-0.3, -0.25) is 9.79 Å². The molecule has 0 unspecified atom stereocenters. The number of anilines is 2. The van der Waals surface area contributed by atoms with Crippen LogP contribution >= 0.6 is 27.7 Å². The number of aliphatic imine (C=N–C) groups is 1. The van der Waals surface area contributed by atoms with E-state index in [9.17, 15) is 17.6 Å². The molecule has 2 aliphatic rings. The Balaban J connectivity index is 1.53. The summed E-state index contributed by atoms with van der Waals surface area (Å²) >= 11 is 4.43. The van der Waals surface area contributed by atoms with Crippen LogP contribution < -0.4 is 10.2 Å². The second-order valence-corrected chi connectivity index (χ2v) is 11.4. The van der Waals surface area contributed by atoms with Crippen molar-refractivity contribution >= 4 is 60.0 Å². The van der Waals surface area contributed by atoms with Crippen LogP contribution in [0.1, 0.15) is 12.5 Å². The number of nitrogens with zero attached hydrogens (tertiary/aromatic N) is 2. The first-order valence-electron chi connectivity index (χ1n) is 9.80. The Morgan fingerprint density at radius 1 is 1.29 bits per heavy atom. The smallest absolute Gasteiger partial charge is 0.234 e. The summed E-state index contributed by atoms with van der Waals surface area (Å²) in [6.45, 7) is 2.02. The Morgan fingerprint density at radius 3 is 2.81 bits per heavy atom. The van der Waals surface area contributed by atoms with Gasteiger partial charge in [0.25, 0.3) is 0 Å². The fourth-order valence-electron chi connectivity index (χ4n) is 3.86. The Labute approximate surface area is 193 Å². The van der Waals surface area contributed by atoms with E-state index in [0.29, 0.717) is 9.64 Å². The Kier molecular flexibility index (Phi) is 6.41. The summed E-state index contributed by atoms with van der Waals surface area (Å²) < 4.78 is 39.6. The van der Waals surface area contributed by atoms with E-state index in [-0.39, 0.29) is 28.9 Å². The molecule has 0 bridgehead atoms. The summed E-state index contributed by atoms with van der Waals surface area (Å²) in [5.41, 5.74) is 2.07. The highest BCUT2D eigenvalue weighted by Crippen LogP contribution is 2.37. The summed E-state index contributed by atoms with van der Waals surface area (Å²) in [5.74, 6) is -0.746. The normalized spacial score (nSPS) is 21.6. The number of carbonyl (C=O) groups is 1. The van der Waals surface area contributed by atoms with Gasteiger partial charge in [0.2, 0.25) is 5.91 Å². The maximum absolute atomic E-state index is 14.7. The highest BCUT2D eigenvalue weighted by atomic mass is 79.9. The predicted octanol–water partition coefficient (Wildman–Crippen LogP) is 3.86. The van der Waals surface area contributed by atoms with Crippen LogP contribution in [0.5, 0.6) is 0 Å². The summed E-state index contributed by atoms with van der Waals surface area (Å²) in [6, 6.07) is 11.3. The van der Waals surface area contributed by atoms with Crippen molar-refractivity contribution in [3.8, 4) is 0 Å². The average Bonchev–Trinajstić information content (AvgIpc) is 3.18. The quantitative estimate of drug-likeness (QED) is 0.641. The van der Waals surface area contributed by atoms with E-state index in [1.807, 2.05) is 31.2 Å². The number of hydrogen-bond acceptors (Lipinski definition) is 6. The van der Waals surface area contributed by atoms with Crippen LogP contribution in [0.3, 0.4) is 0 Å². The molecule has 1 N–H and O–H groups in total. The third-order valence-corrected chi connectivity index (χ3v) is 8.44. The molecule has 0 aliphatic carbocycles. The van der Waals surface area contributed by atoms with Crippen LogP contribution in [0.15, 0.2) is 51.9 Å². The van der Waals surface area contributed by atoms with Gasteiger partial charge in [-0.15, -0.1) is 0 Å². The molecule has 164 valence electrons. The van der Waals surface area contributed by atoms with E-state index in [0.717, 1.165) is 17.7 Å². The zero-order valence-electron chi connectivity index (χ0n) is 16.7. The Hall–Kier alpha value is -1.91. The average molecular weight is 526 g/mol. The highest BCUT2D eigenvalue weighted by molar-refractivity contribution is 9.10. The number of amides is 1. The first kappa shape index (κ1) is 22.3. The summed E-state index contributed by atoms with van der Waals surface area (Å²) in [4.78, 5) is 18.7. The van der Waals surface area contributed by atoms with Gasteiger partial charge in [-0.1, -0.05) is 52.8 Å². The number of benzene rings is 2. The summed E-state index contributed by atoms with van der Waals surface area (Å²) in [5, 5.41) is 3.38. The number of fused-ring (bicyclic) bond motifs is 1. The Morgan fingerprint density at radius 2 is 2.06 bits per heavy atom. The molecule has 1 saturated heterocycles. The lowest BCUT2D eigenvalue weighted by atomic mass is 10.1. The van der Waals surface area contributed by atoms with Gasteiger partial charge in [-0.25, -0.2) is 12.8 Å². The zero-order chi connectivity index (χ0) is 22.2. The van der Waals surface area contributed by atoms with Crippen molar-refractivity contribution in [2.24, 2.45) is 4.99 Å². The minimum absolute atomic E-state index is 0.0631. The van der Waals surface area contributed by atoms with Gasteiger partial charge in [0, 0.05) is 10.2 Å². The molecule has 2 aliphatic heterocycles. The van der Waals surface area contributed by atoms with Crippen LogP contribution in [0, 0.1) is 5.82 Å². The number of carbonyl (C=O) groups excluding carboxylic acids is 1. The van der Waals surface area contributed by atoms with Crippen molar-refractivity contribution in [2.45, 2.75) is 25.4 Å². The minimum Gasteiger partial charge on any atom is -0.325 e. The first-order valence-corrected chi connectivity index (χ1v) is 13.4. The van der Waals surface area contributed by atoms with Crippen molar-refractivity contribution < 1.29 is 17.6 Å².